The van der Waals surface area contributed by atoms with Gasteiger partial charge in [-0.3, -0.25) is 14.7 Å². The molecule has 1 atom stereocenters. The number of rotatable bonds is 4. The van der Waals surface area contributed by atoms with Crippen LogP contribution < -0.4 is 5.32 Å². The van der Waals surface area contributed by atoms with Crippen molar-refractivity contribution >= 4 is 17.6 Å². The Morgan fingerprint density at radius 2 is 2.08 bits per heavy atom. The molecule has 1 aliphatic rings. The number of nitrogens with zero attached hydrogens (tertiary/aromatic N) is 2. The highest BCUT2D eigenvalue weighted by Crippen LogP contribution is 2.31. The molecule has 132 valence electrons. The largest absolute Gasteiger partial charge is 0.338 e. The molecule has 1 aromatic carbocycles. The Hall–Kier alpha value is -2.63. The van der Waals surface area contributed by atoms with E-state index >= 15 is 0 Å². The van der Waals surface area contributed by atoms with Crippen LogP contribution in [0.2, 0.25) is 0 Å². The molecule has 0 saturated carbocycles. The molecule has 2 heterocycles. The predicted octanol–water partition coefficient (Wildman–Crippen LogP) is 2.85. The Balaban J connectivity index is 1.70. The first-order valence-corrected chi connectivity index (χ1v) is 8.72. The number of anilines is 1. The lowest BCUT2D eigenvalue weighted by Crippen LogP contribution is -2.50. The number of aromatic amines is 1. The number of amides is 2. The molecule has 0 bridgehead atoms. The fourth-order valence-electron chi connectivity index (χ4n) is 3.24. The van der Waals surface area contributed by atoms with Gasteiger partial charge in [0.05, 0.1) is 5.41 Å². The Labute approximate surface area is 147 Å². The van der Waals surface area contributed by atoms with Crippen molar-refractivity contribution in [2.45, 2.75) is 33.1 Å². The summed E-state index contributed by atoms with van der Waals surface area (Å²) < 4.78 is 0. The van der Waals surface area contributed by atoms with Crippen LogP contribution in [0.5, 0.6) is 0 Å². The average Bonchev–Trinajstić information content (AvgIpc) is 3.09. The minimum absolute atomic E-state index is 0.0210. The normalized spacial score (nSPS) is 20.3. The summed E-state index contributed by atoms with van der Waals surface area (Å²) in [5.74, 6) is 0.425. The molecule has 1 fully saturated rings. The molecule has 0 aliphatic carbocycles. The molecule has 2 N–H and O–H groups in total. The van der Waals surface area contributed by atoms with E-state index in [4.69, 9.17) is 0 Å². The van der Waals surface area contributed by atoms with Crippen molar-refractivity contribution in [3.8, 4) is 0 Å². The number of H-pyrrole nitrogens is 1. The SMILES string of the molecule is CCc1cc(NC(=O)[C@@]2(C)CCCN(C(=O)c3ccccc3)C2)n[nH]1. The van der Waals surface area contributed by atoms with Gasteiger partial charge in [0.1, 0.15) is 0 Å². The molecule has 6 nitrogen and oxygen atoms in total. The Bertz CT molecular complexity index is 756. The van der Waals surface area contributed by atoms with Crippen molar-refractivity contribution < 1.29 is 9.59 Å². The third-order valence-corrected chi connectivity index (χ3v) is 4.81. The maximum Gasteiger partial charge on any atom is 0.253 e. The zero-order valence-corrected chi connectivity index (χ0v) is 14.7. The van der Waals surface area contributed by atoms with Gasteiger partial charge in [-0.05, 0) is 38.3 Å². The number of aromatic nitrogens is 2. The van der Waals surface area contributed by atoms with Crippen LogP contribution in [0.4, 0.5) is 5.82 Å². The molecular formula is C19H24N4O2. The van der Waals surface area contributed by atoms with Crippen molar-refractivity contribution in [1.29, 1.82) is 0 Å². The van der Waals surface area contributed by atoms with E-state index in [2.05, 4.69) is 15.5 Å². The van der Waals surface area contributed by atoms with Crippen LogP contribution >= 0.6 is 0 Å². The van der Waals surface area contributed by atoms with Crippen LogP contribution in [0.1, 0.15) is 42.7 Å². The lowest BCUT2D eigenvalue weighted by molar-refractivity contribution is -0.127. The first kappa shape index (κ1) is 17.2. The minimum atomic E-state index is -0.617. The zero-order chi connectivity index (χ0) is 17.9. The Morgan fingerprint density at radius 3 is 2.76 bits per heavy atom. The van der Waals surface area contributed by atoms with E-state index in [0.29, 0.717) is 24.5 Å². The molecule has 0 spiro atoms. The Morgan fingerprint density at radius 1 is 1.32 bits per heavy atom. The van der Waals surface area contributed by atoms with Crippen LogP contribution in [0, 0.1) is 5.41 Å². The number of carbonyl (C=O) groups excluding carboxylic acids is 2. The summed E-state index contributed by atoms with van der Waals surface area (Å²) in [5, 5.41) is 9.90. The number of hydrogen-bond donors (Lipinski definition) is 2. The van der Waals surface area contributed by atoms with E-state index in [9.17, 15) is 9.59 Å². The summed E-state index contributed by atoms with van der Waals surface area (Å²) >= 11 is 0. The van der Waals surface area contributed by atoms with E-state index in [1.165, 1.54) is 0 Å². The van der Waals surface area contributed by atoms with Crippen molar-refractivity contribution in [3.05, 3.63) is 47.7 Å². The molecule has 0 unspecified atom stereocenters. The molecule has 3 rings (SSSR count). The van der Waals surface area contributed by atoms with Crippen molar-refractivity contribution in [2.24, 2.45) is 5.41 Å². The van der Waals surface area contributed by atoms with E-state index < -0.39 is 5.41 Å². The van der Waals surface area contributed by atoms with Crippen LogP contribution in [-0.4, -0.2) is 40.0 Å². The number of benzene rings is 1. The van der Waals surface area contributed by atoms with Crippen LogP contribution in [0.15, 0.2) is 36.4 Å². The molecule has 25 heavy (non-hydrogen) atoms. The van der Waals surface area contributed by atoms with Crippen molar-refractivity contribution in [2.75, 3.05) is 18.4 Å². The summed E-state index contributed by atoms with van der Waals surface area (Å²) in [6, 6.07) is 11.1. The fraction of sp³-hybridized carbons (Fsp3) is 0.421. The van der Waals surface area contributed by atoms with Crippen LogP contribution in [0.3, 0.4) is 0 Å². The van der Waals surface area contributed by atoms with Gasteiger partial charge in [0, 0.05) is 30.4 Å². The van der Waals surface area contributed by atoms with Gasteiger partial charge in [0.15, 0.2) is 5.82 Å². The second kappa shape index (κ2) is 7.09. The van der Waals surface area contributed by atoms with Gasteiger partial charge in [0.25, 0.3) is 5.91 Å². The minimum Gasteiger partial charge on any atom is -0.338 e. The highest BCUT2D eigenvalue weighted by Gasteiger charge is 2.39. The van der Waals surface area contributed by atoms with Crippen LogP contribution in [-0.2, 0) is 11.2 Å². The Kier molecular flexibility index (Phi) is 4.88. The molecule has 0 radical (unpaired) electrons. The van der Waals surface area contributed by atoms with Gasteiger partial charge in [-0.2, -0.15) is 5.10 Å². The van der Waals surface area contributed by atoms with Gasteiger partial charge in [-0.15, -0.1) is 0 Å². The quantitative estimate of drug-likeness (QED) is 0.898. The lowest BCUT2D eigenvalue weighted by atomic mass is 9.80. The number of carbonyl (C=O) groups is 2. The van der Waals surface area contributed by atoms with E-state index in [-0.39, 0.29) is 11.8 Å². The summed E-state index contributed by atoms with van der Waals surface area (Å²) in [6.07, 6.45) is 2.39. The topological polar surface area (TPSA) is 78.1 Å². The molecule has 6 heteroatoms. The van der Waals surface area contributed by atoms with E-state index in [0.717, 1.165) is 25.0 Å². The second-order valence-corrected chi connectivity index (χ2v) is 6.84. The molecule has 1 aromatic heterocycles. The zero-order valence-electron chi connectivity index (χ0n) is 14.7. The number of nitrogens with one attached hydrogen (secondary N) is 2. The molecule has 2 amide bonds. The monoisotopic (exact) mass is 340 g/mol. The number of aryl methyl sites for hydroxylation is 1. The summed E-state index contributed by atoms with van der Waals surface area (Å²) in [6.45, 7) is 5.03. The fourth-order valence-corrected chi connectivity index (χ4v) is 3.24. The lowest BCUT2D eigenvalue weighted by Gasteiger charge is -2.39. The third kappa shape index (κ3) is 3.73. The molecule has 2 aromatic rings. The predicted molar refractivity (Wildman–Crippen MR) is 96.3 cm³/mol. The van der Waals surface area contributed by atoms with Crippen molar-refractivity contribution in [1.82, 2.24) is 15.1 Å². The van der Waals surface area contributed by atoms with Gasteiger partial charge in [-0.1, -0.05) is 25.1 Å². The summed E-state index contributed by atoms with van der Waals surface area (Å²) in [7, 11) is 0. The third-order valence-electron chi connectivity index (χ3n) is 4.81. The highest BCUT2D eigenvalue weighted by atomic mass is 16.2. The van der Waals surface area contributed by atoms with Gasteiger partial charge in [0.2, 0.25) is 5.91 Å². The van der Waals surface area contributed by atoms with Gasteiger partial charge in [-0.25, -0.2) is 0 Å². The number of hydrogen-bond acceptors (Lipinski definition) is 3. The van der Waals surface area contributed by atoms with Crippen molar-refractivity contribution in [3.63, 3.8) is 0 Å². The van der Waals surface area contributed by atoms with Gasteiger partial charge < -0.3 is 10.2 Å². The van der Waals surface area contributed by atoms with Gasteiger partial charge >= 0.3 is 0 Å². The first-order chi connectivity index (χ1) is 12.0. The first-order valence-electron chi connectivity index (χ1n) is 8.72. The highest BCUT2D eigenvalue weighted by molar-refractivity contribution is 5.97. The van der Waals surface area contributed by atoms with Crippen LogP contribution in [0.25, 0.3) is 0 Å². The smallest absolute Gasteiger partial charge is 0.253 e. The number of piperidine rings is 1. The average molecular weight is 340 g/mol. The molecule has 1 saturated heterocycles. The van der Waals surface area contributed by atoms with E-state index in [1.807, 2.05) is 50.2 Å². The number of likely N-dealkylation sites (tertiary alicyclic amines) is 1. The maximum absolute atomic E-state index is 12.8. The molecule has 1 aliphatic heterocycles. The summed E-state index contributed by atoms with van der Waals surface area (Å²) in [4.78, 5) is 27.3. The maximum atomic E-state index is 12.8. The molecular weight excluding hydrogens is 316 g/mol. The second-order valence-electron chi connectivity index (χ2n) is 6.84. The van der Waals surface area contributed by atoms with E-state index in [1.54, 1.807) is 4.90 Å². The summed E-state index contributed by atoms with van der Waals surface area (Å²) in [5.41, 5.74) is 1.02. The standard InChI is InChI=1S/C19H24N4O2/c1-3-15-12-16(22-21-15)20-18(25)19(2)10-7-11-23(13-19)17(24)14-8-5-4-6-9-14/h4-6,8-9,12H,3,7,10-11,13H2,1-2H3,(H2,20,21,22,25)/t19-/m0/s1.